The van der Waals surface area contributed by atoms with E-state index in [2.05, 4.69) is 4.74 Å². The van der Waals surface area contributed by atoms with Crippen LogP contribution in [-0.2, 0) is 23.9 Å². The number of rotatable bonds is 3. The molecule has 1 aliphatic rings. The van der Waals surface area contributed by atoms with Crippen molar-refractivity contribution >= 4 is 17.9 Å². The Balaban J connectivity index is 2.54. The highest BCUT2D eigenvalue weighted by molar-refractivity contribution is 5.97. The zero-order valence-electron chi connectivity index (χ0n) is 8.61. The molecule has 0 spiro atoms. The lowest BCUT2D eigenvalue weighted by molar-refractivity contribution is -0.156. The largest absolute Gasteiger partial charge is 0.461 e. The second kappa shape index (κ2) is 4.25. The van der Waals surface area contributed by atoms with Gasteiger partial charge in [-0.05, 0) is 13.8 Å². The Bertz CT molecular complexity index is 331. The topological polar surface area (TPSA) is 69.7 Å². The molecule has 82 valence electrons. The van der Waals surface area contributed by atoms with Crippen molar-refractivity contribution in [2.24, 2.45) is 5.41 Å². The van der Waals surface area contributed by atoms with Gasteiger partial charge in [0.05, 0.1) is 6.42 Å². The molecule has 0 aromatic rings. The lowest BCUT2D eigenvalue weighted by atomic mass is 9.90. The average molecular weight is 212 g/mol. The van der Waals surface area contributed by atoms with Crippen LogP contribution < -0.4 is 0 Å². The Hall–Kier alpha value is -1.65. The predicted octanol–water partition coefficient (Wildman–Crippen LogP) is 0.585. The third kappa shape index (κ3) is 2.65. The van der Waals surface area contributed by atoms with Crippen molar-refractivity contribution in [3.8, 4) is 0 Å². The first-order chi connectivity index (χ1) is 6.98. The van der Waals surface area contributed by atoms with Gasteiger partial charge >= 0.3 is 17.9 Å². The molecule has 0 radical (unpaired) electrons. The summed E-state index contributed by atoms with van der Waals surface area (Å²) < 4.78 is 9.19. The molecule has 0 amide bonds. The number of allylic oxidation sites excluding steroid dienone is 1. The maximum atomic E-state index is 11.2. The Morgan fingerprint density at radius 3 is 2.73 bits per heavy atom. The molecule has 1 fully saturated rings. The third-order valence-electron chi connectivity index (χ3n) is 2.07. The summed E-state index contributed by atoms with van der Waals surface area (Å²) in [5.41, 5.74) is -1.03. The maximum absolute atomic E-state index is 11.2. The van der Waals surface area contributed by atoms with Gasteiger partial charge in [-0.2, -0.15) is 0 Å². The molecule has 15 heavy (non-hydrogen) atoms. The Kier molecular flexibility index (Phi) is 3.24. The van der Waals surface area contributed by atoms with Crippen molar-refractivity contribution in [2.75, 3.05) is 6.61 Å². The van der Waals surface area contributed by atoms with Gasteiger partial charge in [0.1, 0.15) is 12.0 Å². The Morgan fingerprint density at radius 2 is 2.27 bits per heavy atom. The van der Waals surface area contributed by atoms with Crippen LogP contribution in [0.3, 0.4) is 0 Å². The normalized spacial score (nSPS) is 25.7. The SMILES string of the molecule is C/C=C/C(=O)OCC1(C)CC(=O)OC1=O. The summed E-state index contributed by atoms with van der Waals surface area (Å²) in [6.07, 6.45) is 2.73. The molecule has 0 bridgehead atoms. The van der Waals surface area contributed by atoms with Crippen LogP contribution >= 0.6 is 0 Å². The van der Waals surface area contributed by atoms with Crippen molar-refractivity contribution in [3.05, 3.63) is 12.2 Å². The molecule has 0 saturated carbocycles. The standard InChI is InChI=1S/C10H12O5/c1-3-4-7(11)14-6-10(2)5-8(12)15-9(10)13/h3-4H,5-6H2,1-2H3/b4-3+. The molecule has 1 aliphatic heterocycles. The third-order valence-corrected chi connectivity index (χ3v) is 2.07. The van der Waals surface area contributed by atoms with E-state index in [1.54, 1.807) is 6.92 Å². The monoisotopic (exact) mass is 212 g/mol. The highest BCUT2D eigenvalue weighted by Crippen LogP contribution is 2.30. The van der Waals surface area contributed by atoms with Gasteiger partial charge in [0.2, 0.25) is 0 Å². The minimum atomic E-state index is -1.03. The number of hydrogen-bond donors (Lipinski definition) is 0. The van der Waals surface area contributed by atoms with Crippen LogP contribution in [0, 0.1) is 5.41 Å². The lowest BCUT2D eigenvalue weighted by Gasteiger charge is -2.16. The molecule has 1 saturated heterocycles. The first-order valence-corrected chi connectivity index (χ1v) is 4.52. The molecular weight excluding hydrogens is 200 g/mol. The van der Waals surface area contributed by atoms with E-state index in [4.69, 9.17) is 4.74 Å². The molecule has 0 aromatic heterocycles. The van der Waals surface area contributed by atoms with Crippen molar-refractivity contribution in [2.45, 2.75) is 20.3 Å². The fraction of sp³-hybridized carbons (Fsp3) is 0.500. The predicted molar refractivity (Wildman–Crippen MR) is 49.6 cm³/mol. The summed E-state index contributed by atoms with van der Waals surface area (Å²) in [6.45, 7) is 3.07. The fourth-order valence-corrected chi connectivity index (χ4v) is 1.18. The summed E-state index contributed by atoms with van der Waals surface area (Å²) in [5.74, 6) is -1.75. The second-order valence-corrected chi connectivity index (χ2v) is 3.61. The maximum Gasteiger partial charge on any atom is 0.330 e. The van der Waals surface area contributed by atoms with Gasteiger partial charge in [-0.1, -0.05) is 6.08 Å². The van der Waals surface area contributed by atoms with E-state index >= 15 is 0 Å². The van der Waals surface area contributed by atoms with Crippen LogP contribution in [0.15, 0.2) is 12.2 Å². The van der Waals surface area contributed by atoms with Crippen molar-refractivity contribution in [3.63, 3.8) is 0 Å². The minimum absolute atomic E-state index is 0.0467. The summed E-state index contributed by atoms with van der Waals surface area (Å²) in [4.78, 5) is 33.1. The number of esters is 3. The van der Waals surface area contributed by atoms with Crippen LogP contribution in [0.1, 0.15) is 20.3 Å². The number of carbonyl (C=O) groups is 3. The first kappa shape index (κ1) is 11.4. The molecule has 1 heterocycles. The van der Waals surface area contributed by atoms with Crippen LogP contribution in [0.4, 0.5) is 0 Å². The second-order valence-electron chi connectivity index (χ2n) is 3.61. The van der Waals surface area contributed by atoms with Crippen molar-refractivity contribution < 1.29 is 23.9 Å². The molecule has 5 heteroatoms. The quantitative estimate of drug-likeness (QED) is 0.389. The van der Waals surface area contributed by atoms with Crippen LogP contribution in [0.5, 0.6) is 0 Å². The summed E-state index contributed by atoms with van der Waals surface area (Å²) >= 11 is 0. The van der Waals surface area contributed by atoms with E-state index in [0.29, 0.717) is 0 Å². The van der Waals surface area contributed by atoms with Gasteiger partial charge in [0, 0.05) is 6.08 Å². The van der Waals surface area contributed by atoms with Crippen LogP contribution in [-0.4, -0.2) is 24.5 Å². The highest BCUT2D eigenvalue weighted by atomic mass is 16.6. The van der Waals surface area contributed by atoms with E-state index < -0.39 is 23.3 Å². The zero-order chi connectivity index (χ0) is 11.5. The van der Waals surface area contributed by atoms with E-state index in [9.17, 15) is 14.4 Å². The number of ether oxygens (including phenoxy) is 2. The first-order valence-electron chi connectivity index (χ1n) is 4.52. The molecular formula is C10H12O5. The van der Waals surface area contributed by atoms with E-state index in [1.807, 2.05) is 0 Å². The van der Waals surface area contributed by atoms with Gasteiger partial charge in [-0.3, -0.25) is 9.59 Å². The summed E-state index contributed by atoms with van der Waals surface area (Å²) in [5, 5.41) is 0. The van der Waals surface area contributed by atoms with Gasteiger partial charge in [-0.25, -0.2) is 4.79 Å². The van der Waals surface area contributed by atoms with Crippen LogP contribution in [0.2, 0.25) is 0 Å². The molecule has 0 aliphatic carbocycles. The Morgan fingerprint density at radius 1 is 1.60 bits per heavy atom. The molecule has 1 atom stereocenters. The van der Waals surface area contributed by atoms with Gasteiger partial charge < -0.3 is 9.47 Å². The minimum Gasteiger partial charge on any atom is -0.461 e. The number of cyclic esters (lactones) is 2. The van der Waals surface area contributed by atoms with Crippen LogP contribution in [0.25, 0.3) is 0 Å². The van der Waals surface area contributed by atoms with Gasteiger partial charge in [0.15, 0.2) is 0 Å². The molecule has 0 N–H and O–H groups in total. The molecule has 1 unspecified atom stereocenters. The number of carbonyl (C=O) groups excluding carboxylic acids is 3. The van der Waals surface area contributed by atoms with E-state index in [-0.39, 0.29) is 13.0 Å². The van der Waals surface area contributed by atoms with E-state index in [1.165, 1.54) is 19.1 Å². The smallest absolute Gasteiger partial charge is 0.330 e. The van der Waals surface area contributed by atoms with E-state index in [0.717, 1.165) is 0 Å². The highest BCUT2D eigenvalue weighted by Gasteiger charge is 2.46. The molecule has 1 rings (SSSR count). The average Bonchev–Trinajstić information content (AvgIpc) is 2.39. The van der Waals surface area contributed by atoms with Crippen molar-refractivity contribution in [1.82, 2.24) is 0 Å². The van der Waals surface area contributed by atoms with Crippen molar-refractivity contribution in [1.29, 1.82) is 0 Å². The molecule has 5 nitrogen and oxygen atoms in total. The van der Waals surface area contributed by atoms with Gasteiger partial charge in [0.25, 0.3) is 0 Å². The van der Waals surface area contributed by atoms with Gasteiger partial charge in [-0.15, -0.1) is 0 Å². The summed E-state index contributed by atoms with van der Waals surface area (Å²) in [6, 6.07) is 0. The number of hydrogen-bond acceptors (Lipinski definition) is 5. The fourth-order valence-electron chi connectivity index (χ4n) is 1.18. The zero-order valence-corrected chi connectivity index (χ0v) is 8.61. The molecule has 0 aromatic carbocycles. The summed E-state index contributed by atoms with van der Waals surface area (Å²) in [7, 11) is 0. The Labute approximate surface area is 87.0 Å². The lowest BCUT2D eigenvalue weighted by Crippen LogP contribution is -2.29.